The predicted octanol–water partition coefficient (Wildman–Crippen LogP) is 2.05. The van der Waals surface area contributed by atoms with Gasteiger partial charge in [0.05, 0.1) is 5.39 Å². The van der Waals surface area contributed by atoms with E-state index in [-0.39, 0.29) is 12.2 Å². The Balaban J connectivity index is 1.62. The van der Waals surface area contributed by atoms with Crippen LogP contribution in [-0.2, 0) is 16.1 Å². The Morgan fingerprint density at radius 3 is 2.54 bits per heavy atom. The number of nitrogens with zero attached hydrogens (tertiary/aromatic N) is 1. The summed E-state index contributed by atoms with van der Waals surface area (Å²) in [4.78, 5) is 35.8. The molecule has 26 heavy (non-hydrogen) atoms. The van der Waals surface area contributed by atoms with Gasteiger partial charge in [0.25, 0.3) is 11.5 Å². The normalized spacial score (nSPS) is 10.5. The molecule has 1 heterocycles. The molecule has 132 valence electrons. The van der Waals surface area contributed by atoms with Crippen LogP contribution in [0.2, 0.25) is 5.02 Å². The highest BCUT2D eigenvalue weighted by Gasteiger charge is 2.16. The molecule has 0 fully saturated rings. The number of aromatic amines is 1. The zero-order valence-electron chi connectivity index (χ0n) is 13.5. The van der Waals surface area contributed by atoms with E-state index in [1.54, 1.807) is 48.5 Å². The quantitative estimate of drug-likeness (QED) is 0.668. The molecule has 0 atom stereocenters. The topological polar surface area (TPSA) is 101 Å². The number of carbonyl (C=O) groups excluding carboxylic acids is 2. The van der Waals surface area contributed by atoms with Crippen LogP contribution in [0, 0.1) is 0 Å². The Labute approximate surface area is 152 Å². The Bertz CT molecular complexity index is 1030. The van der Waals surface area contributed by atoms with E-state index in [0.29, 0.717) is 15.8 Å². The van der Waals surface area contributed by atoms with E-state index in [1.165, 1.54) is 0 Å². The van der Waals surface area contributed by atoms with Gasteiger partial charge in [-0.2, -0.15) is 5.10 Å². The molecule has 0 saturated heterocycles. The predicted molar refractivity (Wildman–Crippen MR) is 95.9 cm³/mol. The molecule has 0 aliphatic rings. The van der Waals surface area contributed by atoms with Crippen molar-refractivity contribution in [3.63, 3.8) is 0 Å². The highest BCUT2D eigenvalue weighted by Crippen LogP contribution is 2.15. The van der Waals surface area contributed by atoms with E-state index in [2.05, 4.69) is 15.5 Å². The number of nitrogens with one attached hydrogen (secondary N) is 2. The van der Waals surface area contributed by atoms with Gasteiger partial charge in [-0.05, 0) is 17.7 Å². The molecular formula is C18H14ClN3O4. The van der Waals surface area contributed by atoms with Crippen LogP contribution in [0.4, 0.5) is 0 Å². The summed E-state index contributed by atoms with van der Waals surface area (Å²) in [6.07, 6.45) is 0. The molecule has 0 aliphatic heterocycles. The number of amides is 1. The van der Waals surface area contributed by atoms with Crippen molar-refractivity contribution in [1.82, 2.24) is 15.5 Å². The lowest BCUT2D eigenvalue weighted by Gasteiger charge is -2.08. The standard InChI is InChI=1S/C18H14ClN3O4/c19-14-8-4-1-5-11(14)9-20-15(23)10-26-18(25)16-12-6-2-3-7-13(12)17(24)22-21-16/h1-8H,9-10H2,(H,20,23)(H,22,24). The first-order chi connectivity index (χ1) is 12.6. The van der Waals surface area contributed by atoms with Gasteiger partial charge in [-0.25, -0.2) is 9.89 Å². The number of fused-ring (bicyclic) bond motifs is 1. The second kappa shape index (κ2) is 7.79. The van der Waals surface area contributed by atoms with Gasteiger partial charge in [0.1, 0.15) is 0 Å². The Morgan fingerprint density at radius 1 is 1.08 bits per heavy atom. The van der Waals surface area contributed by atoms with Gasteiger partial charge in [0, 0.05) is 17.0 Å². The average Bonchev–Trinajstić information content (AvgIpc) is 2.66. The molecule has 0 spiro atoms. The van der Waals surface area contributed by atoms with Crippen LogP contribution in [0.15, 0.2) is 53.3 Å². The number of rotatable bonds is 5. The third-order valence-corrected chi connectivity index (χ3v) is 4.03. The fourth-order valence-electron chi connectivity index (χ4n) is 2.36. The van der Waals surface area contributed by atoms with Crippen LogP contribution in [0.5, 0.6) is 0 Å². The number of hydrogen-bond donors (Lipinski definition) is 2. The maximum absolute atomic E-state index is 12.2. The van der Waals surface area contributed by atoms with Crippen molar-refractivity contribution >= 4 is 34.2 Å². The molecule has 2 aromatic carbocycles. The van der Waals surface area contributed by atoms with E-state index >= 15 is 0 Å². The van der Waals surface area contributed by atoms with Crippen molar-refractivity contribution in [2.24, 2.45) is 0 Å². The lowest BCUT2D eigenvalue weighted by Crippen LogP contribution is -2.29. The van der Waals surface area contributed by atoms with Gasteiger partial charge in [-0.15, -0.1) is 0 Å². The first-order valence-corrected chi connectivity index (χ1v) is 8.08. The second-order valence-electron chi connectivity index (χ2n) is 5.39. The summed E-state index contributed by atoms with van der Waals surface area (Å²) >= 11 is 6.01. The zero-order chi connectivity index (χ0) is 18.5. The fourth-order valence-corrected chi connectivity index (χ4v) is 2.56. The molecule has 0 aliphatic carbocycles. The number of hydrogen-bond acceptors (Lipinski definition) is 5. The van der Waals surface area contributed by atoms with E-state index in [0.717, 1.165) is 5.56 Å². The summed E-state index contributed by atoms with van der Waals surface area (Å²) in [5.74, 6) is -1.28. The Kier molecular flexibility index (Phi) is 5.28. The summed E-state index contributed by atoms with van der Waals surface area (Å²) in [5, 5.41) is 9.80. The van der Waals surface area contributed by atoms with E-state index in [9.17, 15) is 14.4 Å². The lowest BCUT2D eigenvalue weighted by atomic mass is 10.1. The molecule has 0 unspecified atom stereocenters. The zero-order valence-corrected chi connectivity index (χ0v) is 14.2. The highest BCUT2D eigenvalue weighted by molar-refractivity contribution is 6.31. The molecule has 1 amide bonds. The summed E-state index contributed by atoms with van der Waals surface area (Å²) in [6.45, 7) is -0.256. The van der Waals surface area contributed by atoms with Crippen molar-refractivity contribution in [3.8, 4) is 0 Å². The van der Waals surface area contributed by atoms with Gasteiger partial charge in [-0.3, -0.25) is 9.59 Å². The van der Waals surface area contributed by atoms with Crippen LogP contribution in [-0.4, -0.2) is 28.7 Å². The molecule has 3 rings (SSSR count). The maximum atomic E-state index is 12.2. The lowest BCUT2D eigenvalue weighted by molar-refractivity contribution is -0.124. The number of H-pyrrole nitrogens is 1. The number of esters is 1. The van der Waals surface area contributed by atoms with Crippen LogP contribution < -0.4 is 10.9 Å². The van der Waals surface area contributed by atoms with Crippen LogP contribution in [0.1, 0.15) is 16.1 Å². The Hall–Kier alpha value is -3.19. The summed E-state index contributed by atoms with van der Waals surface area (Å²) in [6, 6.07) is 13.6. The molecule has 1 aromatic heterocycles. The maximum Gasteiger partial charge on any atom is 0.359 e. The van der Waals surface area contributed by atoms with Gasteiger partial charge < -0.3 is 10.1 Å². The first-order valence-electron chi connectivity index (χ1n) is 7.71. The molecule has 0 radical (unpaired) electrons. The van der Waals surface area contributed by atoms with Crippen molar-refractivity contribution in [2.75, 3.05) is 6.61 Å². The minimum Gasteiger partial charge on any atom is -0.451 e. The largest absolute Gasteiger partial charge is 0.451 e. The van der Waals surface area contributed by atoms with E-state index < -0.39 is 24.0 Å². The Morgan fingerprint density at radius 2 is 1.77 bits per heavy atom. The SMILES string of the molecule is O=C(COC(=O)c1n[nH]c(=O)c2ccccc12)NCc1ccccc1Cl. The third-order valence-electron chi connectivity index (χ3n) is 3.66. The van der Waals surface area contributed by atoms with Crippen molar-refractivity contribution < 1.29 is 14.3 Å². The first kappa shape index (κ1) is 17.6. The summed E-state index contributed by atoms with van der Waals surface area (Å²) < 4.78 is 4.99. The molecule has 0 saturated carbocycles. The van der Waals surface area contributed by atoms with Crippen LogP contribution in [0.3, 0.4) is 0 Å². The molecular weight excluding hydrogens is 358 g/mol. The highest BCUT2D eigenvalue weighted by atomic mass is 35.5. The average molecular weight is 372 g/mol. The van der Waals surface area contributed by atoms with Crippen molar-refractivity contribution in [1.29, 1.82) is 0 Å². The van der Waals surface area contributed by atoms with Crippen LogP contribution in [0.25, 0.3) is 10.8 Å². The van der Waals surface area contributed by atoms with Crippen LogP contribution >= 0.6 is 11.6 Å². The number of benzene rings is 2. The van der Waals surface area contributed by atoms with E-state index in [4.69, 9.17) is 16.3 Å². The monoisotopic (exact) mass is 371 g/mol. The second-order valence-corrected chi connectivity index (χ2v) is 5.80. The number of ether oxygens (including phenoxy) is 1. The summed E-state index contributed by atoms with van der Waals surface area (Å²) in [5.41, 5.74) is 0.288. The smallest absolute Gasteiger partial charge is 0.359 e. The molecule has 7 nitrogen and oxygen atoms in total. The van der Waals surface area contributed by atoms with E-state index in [1.807, 2.05) is 0 Å². The molecule has 3 aromatic rings. The van der Waals surface area contributed by atoms with Gasteiger partial charge in [0.2, 0.25) is 0 Å². The van der Waals surface area contributed by atoms with Crippen molar-refractivity contribution in [2.45, 2.75) is 6.54 Å². The number of halogens is 1. The molecule has 0 bridgehead atoms. The number of aromatic nitrogens is 2. The van der Waals surface area contributed by atoms with Crippen molar-refractivity contribution in [3.05, 3.63) is 75.2 Å². The van der Waals surface area contributed by atoms with Gasteiger partial charge in [-0.1, -0.05) is 48.0 Å². The number of carbonyl (C=O) groups is 2. The third kappa shape index (κ3) is 3.89. The minimum atomic E-state index is -0.801. The fraction of sp³-hybridized carbons (Fsp3) is 0.111. The van der Waals surface area contributed by atoms with Gasteiger partial charge in [0.15, 0.2) is 12.3 Å². The van der Waals surface area contributed by atoms with Gasteiger partial charge >= 0.3 is 5.97 Å². The molecule has 8 heteroatoms. The minimum absolute atomic E-state index is 0.0564. The summed E-state index contributed by atoms with van der Waals surface area (Å²) in [7, 11) is 0. The molecule has 2 N–H and O–H groups in total.